The van der Waals surface area contributed by atoms with Crippen LogP contribution in [0.5, 0.6) is 5.88 Å². The first kappa shape index (κ1) is 18.7. The second kappa shape index (κ2) is 8.06. The highest BCUT2D eigenvalue weighted by Gasteiger charge is 2.30. The molecule has 1 heterocycles. The van der Waals surface area contributed by atoms with Crippen molar-refractivity contribution >= 4 is 11.9 Å². The Morgan fingerprint density at radius 2 is 2.04 bits per heavy atom. The molecule has 0 radical (unpaired) electrons. The number of hydrogen-bond acceptors (Lipinski definition) is 4. The molecule has 2 N–H and O–H groups in total. The Bertz CT molecular complexity index is 668. The minimum atomic E-state index is -1.02. The lowest BCUT2D eigenvalue weighted by molar-refractivity contribution is -0.139. The van der Waals surface area contributed by atoms with E-state index in [2.05, 4.69) is 10.3 Å². The molecule has 3 rings (SSSR count). The first-order valence-corrected chi connectivity index (χ1v) is 9.65. The van der Waals surface area contributed by atoms with E-state index in [1.54, 1.807) is 6.07 Å². The number of hydrogen-bond donors (Lipinski definition) is 2. The monoisotopic (exact) mass is 360 g/mol. The summed E-state index contributed by atoms with van der Waals surface area (Å²) in [5.41, 5.74) is 1.28. The van der Waals surface area contributed by atoms with E-state index in [0.29, 0.717) is 30.7 Å². The predicted molar refractivity (Wildman–Crippen MR) is 97.4 cm³/mol. The van der Waals surface area contributed by atoms with Gasteiger partial charge in [0.2, 0.25) is 5.88 Å². The molecule has 0 aromatic carbocycles. The van der Waals surface area contributed by atoms with E-state index in [1.807, 2.05) is 19.9 Å². The molecule has 1 amide bonds. The molecule has 1 aromatic rings. The van der Waals surface area contributed by atoms with Crippen LogP contribution in [-0.2, 0) is 4.79 Å². The van der Waals surface area contributed by atoms with Gasteiger partial charge < -0.3 is 15.2 Å². The summed E-state index contributed by atoms with van der Waals surface area (Å²) in [7, 11) is 0. The van der Waals surface area contributed by atoms with Gasteiger partial charge >= 0.3 is 5.97 Å². The molecule has 2 atom stereocenters. The lowest BCUT2D eigenvalue weighted by atomic mass is 9.99. The Morgan fingerprint density at radius 1 is 1.31 bits per heavy atom. The number of ether oxygens (including phenoxy) is 1. The summed E-state index contributed by atoms with van der Waals surface area (Å²) >= 11 is 0. The van der Waals surface area contributed by atoms with Crippen molar-refractivity contribution in [2.24, 2.45) is 11.8 Å². The maximum Gasteiger partial charge on any atom is 0.326 e. The highest BCUT2D eigenvalue weighted by atomic mass is 16.5. The maximum absolute atomic E-state index is 12.5. The number of aromatic nitrogens is 1. The minimum absolute atomic E-state index is 0.218. The van der Waals surface area contributed by atoms with Crippen LogP contribution in [-0.4, -0.2) is 34.6 Å². The number of pyridine rings is 1. The van der Waals surface area contributed by atoms with Gasteiger partial charge in [-0.1, -0.05) is 26.3 Å². The number of carboxylic acids is 1. The lowest BCUT2D eigenvalue weighted by Crippen LogP contribution is -2.42. The number of nitrogens with zero attached hydrogens (tertiary/aromatic N) is 1. The zero-order valence-electron chi connectivity index (χ0n) is 15.5. The van der Waals surface area contributed by atoms with E-state index < -0.39 is 17.9 Å². The third-order valence-electron chi connectivity index (χ3n) is 5.23. The van der Waals surface area contributed by atoms with Crippen molar-refractivity contribution in [1.29, 1.82) is 0 Å². The standard InChI is InChI=1S/C20H28N2O4/c1-3-12(2)10-17(20(24)25)21-18(23)16-9-8-15(14-6-7-14)19(22-16)26-11-13-4-5-13/h8-9,12-14,17H,3-7,10-11H2,1-2H3,(H,21,23)(H,24,25). The highest BCUT2D eigenvalue weighted by Crippen LogP contribution is 2.44. The average Bonchev–Trinajstić information content (AvgIpc) is 3.52. The number of carbonyl (C=O) groups is 2. The van der Waals surface area contributed by atoms with Crippen LogP contribution in [0, 0.1) is 11.8 Å². The van der Waals surface area contributed by atoms with Gasteiger partial charge in [-0.05, 0) is 55.9 Å². The summed E-state index contributed by atoms with van der Waals surface area (Å²) in [6.45, 7) is 4.63. The number of carbonyl (C=O) groups excluding carboxylic acids is 1. The van der Waals surface area contributed by atoms with Crippen molar-refractivity contribution in [1.82, 2.24) is 10.3 Å². The highest BCUT2D eigenvalue weighted by molar-refractivity contribution is 5.95. The van der Waals surface area contributed by atoms with Gasteiger partial charge in [0.25, 0.3) is 5.91 Å². The van der Waals surface area contributed by atoms with Crippen molar-refractivity contribution in [3.8, 4) is 5.88 Å². The molecule has 2 aliphatic rings. The molecule has 2 saturated carbocycles. The number of aliphatic carboxylic acids is 1. The normalized spacial score (nSPS) is 18.8. The molecule has 0 bridgehead atoms. The Balaban J connectivity index is 1.70. The SMILES string of the molecule is CCC(C)CC(NC(=O)c1ccc(C2CC2)c(OCC2CC2)n1)C(=O)O. The van der Waals surface area contributed by atoms with Crippen molar-refractivity contribution in [3.05, 3.63) is 23.4 Å². The Labute approximate surface area is 154 Å². The van der Waals surface area contributed by atoms with Crippen LogP contribution in [0.1, 0.15) is 74.3 Å². The summed E-state index contributed by atoms with van der Waals surface area (Å²) in [5.74, 6) is 0.372. The molecule has 2 unspecified atom stereocenters. The molecule has 2 fully saturated rings. The second-order valence-electron chi connectivity index (χ2n) is 7.73. The van der Waals surface area contributed by atoms with Gasteiger partial charge in [0.15, 0.2) is 0 Å². The first-order valence-electron chi connectivity index (χ1n) is 9.65. The van der Waals surface area contributed by atoms with Crippen molar-refractivity contribution in [2.45, 2.75) is 64.3 Å². The maximum atomic E-state index is 12.5. The third-order valence-corrected chi connectivity index (χ3v) is 5.23. The number of amides is 1. The second-order valence-corrected chi connectivity index (χ2v) is 7.73. The Morgan fingerprint density at radius 3 is 2.62 bits per heavy atom. The molecular weight excluding hydrogens is 332 g/mol. The molecule has 0 aliphatic heterocycles. The number of nitrogens with one attached hydrogen (secondary N) is 1. The molecule has 0 saturated heterocycles. The van der Waals surface area contributed by atoms with Crippen molar-refractivity contribution in [2.75, 3.05) is 6.61 Å². The van der Waals surface area contributed by atoms with Crippen LogP contribution in [0.25, 0.3) is 0 Å². The number of carboxylic acid groups (broad SMARTS) is 1. The summed E-state index contributed by atoms with van der Waals surface area (Å²) in [4.78, 5) is 28.4. The Hall–Kier alpha value is -2.11. The van der Waals surface area contributed by atoms with Crippen molar-refractivity contribution < 1.29 is 19.4 Å². The third kappa shape index (κ3) is 4.96. The summed E-state index contributed by atoms with van der Waals surface area (Å²) < 4.78 is 5.88. The largest absolute Gasteiger partial charge is 0.480 e. The fourth-order valence-corrected chi connectivity index (χ4v) is 2.90. The van der Waals surface area contributed by atoms with Crippen molar-refractivity contribution in [3.63, 3.8) is 0 Å². The average molecular weight is 360 g/mol. The van der Waals surface area contributed by atoms with Gasteiger partial charge in [-0.3, -0.25) is 4.79 Å². The first-order chi connectivity index (χ1) is 12.5. The van der Waals surface area contributed by atoms with E-state index in [1.165, 1.54) is 12.8 Å². The minimum Gasteiger partial charge on any atom is -0.480 e. The van der Waals surface area contributed by atoms with Gasteiger partial charge in [0, 0.05) is 5.56 Å². The van der Waals surface area contributed by atoms with Crippen LogP contribution >= 0.6 is 0 Å². The van der Waals surface area contributed by atoms with Crippen LogP contribution in [0.2, 0.25) is 0 Å². The topological polar surface area (TPSA) is 88.5 Å². The summed E-state index contributed by atoms with van der Waals surface area (Å²) in [6.07, 6.45) is 5.91. The van der Waals surface area contributed by atoms with E-state index in [0.717, 1.165) is 24.8 Å². The molecule has 6 heteroatoms. The van der Waals surface area contributed by atoms with Crippen LogP contribution in [0.4, 0.5) is 0 Å². The quantitative estimate of drug-likeness (QED) is 0.668. The van der Waals surface area contributed by atoms with E-state index >= 15 is 0 Å². The Kier molecular flexibility index (Phi) is 5.79. The van der Waals surface area contributed by atoms with E-state index in [-0.39, 0.29) is 11.6 Å². The van der Waals surface area contributed by atoms with Gasteiger partial charge in [-0.2, -0.15) is 0 Å². The molecule has 6 nitrogen and oxygen atoms in total. The van der Waals surface area contributed by atoms with E-state index in [9.17, 15) is 14.7 Å². The lowest BCUT2D eigenvalue weighted by Gasteiger charge is -2.18. The molecule has 0 spiro atoms. The zero-order chi connectivity index (χ0) is 18.7. The van der Waals surface area contributed by atoms with Gasteiger partial charge in [-0.15, -0.1) is 0 Å². The number of rotatable bonds is 10. The van der Waals surface area contributed by atoms with E-state index in [4.69, 9.17) is 4.74 Å². The van der Waals surface area contributed by atoms with Gasteiger partial charge in [0.1, 0.15) is 11.7 Å². The zero-order valence-corrected chi connectivity index (χ0v) is 15.5. The molecular formula is C20H28N2O4. The van der Waals surface area contributed by atoms with Crippen LogP contribution in [0.3, 0.4) is 0 Å². The molecule has 1 aromatic heterocycles. The molecule has 142 valence electrons. The summed E-state index contributed by atoms with van der Waals surface area (Å²) in [6, 6.07) is 2.68. The smallest absolute Gasteiger partial charge is 0.326 e. The summed E-state index contributed by atoms with van der Waals surface area (Å²) in [5, 5.41) is 12.0. The fourth-order valence-electron chi connectivity index (χ4n) is 2.90. The van der Waals surface area contributed by atoms with Crippen LogP contribution in [0.15, 0.2) is 12.1 Å². The predicted octanol–water partition coefficient (Wildman–Crippen LogP) is 3.37. The van der Waals surface area contributed by atoms with Gasteiger partial charge in [-0.25, -0.2) is 9.78 Å². The molecule has 2 aliphatic carbocycles. The molecule has 26 heavy (non-hydrogen) atoms. The van der Waals surface area contributed by atoms with Gasteiger partial charge in [0.05, 0.1) is 6.61 Å². The fraction of sp³-hybridized carbons (Fsp3) is 0.650. The van der Waals surface area contributed by atoms with Crippen LogP contribution < -0.4 is 10.1 Å².